The third kappa shape index (κ3) is 4.07. The Morgan fingerprint density at radius 1 is 1.16 bits per heavy atom. The van der Waals surface area contributed by atoms with Gasteiger partial charge in [-0.05, 0) is 48.7 Å². The second-order valence-electron chi connectivity index (χ2n) is 6.33. The molecule has 0 aliphatic carbocycles. The van der Waals surface area contributed by atoms with E-state index in [1.807, 2.05) is 19.1 Å². The van der Waals surface area contributed by atoms with Crippen LogP contribution in [0.3, 0.4) is 0 Å². The molecule has 2 aromatic carbocycles. The van der Waals surface area contributed by atoms with Crippen LogP contribution in [0.5, 0.6) is 0 Å². The van der Waals surface area contributed by atoms with Gasteiger partial charge in [-0.25, -0.2) is 13.1 Å². The van der Waals surface area contributed by atoms with E-state index in [1.165, 1.54) is 35.4 Å². The van der Waals surface area contributed by atoms with Gasteiger partial charge in [-0.15, -0.1) is 0 Å². The third-order valence-corrected chi connectivity index (χ3v) is 6.09. The van der Waals surface area contributed by atoms with E-state index in [2.05, 4.69) is 27.8 Å². The molecule has 6 heteroatoms. The number of nitriles is 1. The van der Waals surface area contributed by atoms with E-state index in [0.717, 1.165) is 19.5 Å². The summed E-state index contributed by atoms with van der Waals surface area (Å²) in [5.74, 6) is 0. The molecular weight excluding hydrogens is 334 g/mol. The van der Waals surface area contributed by atoms with Crippen LogP contribution in [0.15, 0.2) is 53.4 Å². The van der Waals surface area contributed by atoms with E-state index in [9.17, 15) is 8.42 Å². The summed E-state index contributed by atoms with van der Waals surface area (Å²) in [6, 6.07) is 16.4. The van der Waals surface area contributed by atoms with Crippen LogP contribution in [0.1, 0.15) is 23.6 Å². The highest BCUT2D eigenvalue weighted by Crippen LogP contribution is 2.20. The summed E-state index contributed by atoms with van der Waals surface area (Å²) in [6.45, 7) is 4.16. The van der Waals surface area contributed by atoms with Gasteiger partial charge in [0.2, 0.25) is 10.0 Å². The molecule has 1 N–H and O–H groups in total. The largest absolute Gasteiger partial charge is 0.295 e. The van der Waals surface area contributed by atoms with Crippen molar-refractivity contribution in [3.05, 3.63) is 65.2 Å². The Bertz CT molecular complexity index is 886. The summed E-state index contributed by atoms with van der Waals surface area (Å²) in [6.07, 6.45) is 0.989. The molecule has 0 saturated heterocycles. The van der Waals surface area contributed by atoms with E-state index < -0.39 is 10.0 Å². The normalized spacial score (nSPS) is 16.0. The van der Waals surface area contributed by atoms with Gasteiger partial charge in [0, 0.05) is 25.7 Å². The molecule has 5 nitrogen and oxygen atoms in total. The number of hydrogen-bond acceptors (Lipinski definition) is 4. The van der Waals surface area contributed by atoms with Gasteiger partial charge in [0.1, 0.15) is 0 Å². The maximum atomic E-state index is 12.4. The molecule has 0 amide bonds. The van der Waals surface area contributed by atoms with E-state index in [4.69, 9.17) is 5.26 Å². The molecule has 1 unspecified atom stereocenters. The van der Waals surface area contributed by atoms with Gasteiger partial charge < -0.3 is 0 Å². The SMILES string of the molecule is CC(CNS(=O)(=O)c1ccc(C#N)cc1)N1CCc2ccccc2C1. The summed E-state index contributed by atoms with van der Waals surface area (Å²) in [7, 11) is -3.57. The predicted octanol–water partition coefficient (Wildman–Crippen LogP) is 2.28. The van der Waals surface area contributed by atoms with Gasteiger partial charge in [0.15, 0.2) is 0 Å². The molecule has 0 spiro atoms. The monoisotopic (exact) mass is 355 g/mol. The second kappa shape index (κ2) is 7.36. The maximum absolute atomic E-state index is 12.4. The van der Waals surface area contributed by atoms with E-state index in [1.54, 1.807) is 0 Å². The molecule has 0 bridgehead atoms. The van der Waals surface area contributed by atoms with Crippen molar-refractivity contribution in [1.29, 1.82) is 5.26 Å². The van der Waals surface area contributed by atoms with Crippen LogP contribution in [-0.4, -0.2) is 32.4 Å². The van der Waals surface area contributed by atoms with Gasteiger partial charge >= 0.3 is 0 Å². The molecule has 25 heavy (non-hydrogen) atoms. The zero-order valence-corrected chi connectivity index (χ0v) is 15.0. The van der Waals surface area contributed by atoms with Crippen molar-refractivity contribution in [2.24, 2.45) is 0 Å². The van der Waals surface area contributed by atoms with Crippen LogP contribution in [-0.2, 0) is 23.0 Å². The van der Waals surface area contributed by atoms with Crippen LogP contribution < -0.4 is 4.72 Å². The molecule has 0 fully saturated rings. The molecule has 1 aliphatic heterocycles. The fraction of sp³-hybridized carbons (Fsp3) is 0.316. The molecule has 2 aromatic rings. The predicted molar refractivity (Wildman–Crippen MR) is 96.4 cm³/mol. The molecular formula is C19H21N3O2S. The summed E-state index contributed by atoms with van der Waals surface area (Å²) in [5.41, 5.74) is 3.14. The van der Waals surface area contributed by atoms with Crippen LogP contribution in [0.2, 0.25) is 0 Å². The highest BCUT2D eigenvalue weighted by molar-refractivity contribution is 7.89. The lowest BCUT2D eigenvalue weighted by Crippen LogP contribution is -2.44. The van der Waals surface area contributed by atoms with Gasteiger partial charge in [0.05, 0.1) is 16.5 Å². The maximum Gasteiger partial charge on any atom is 0.240 e. The Balaban J connectivity index is 1.62. The van der Waals surface area contributed by atoms with Crippen LogP contribution in [0.25, 0.3) is 0 Å². The summed E-state index contributed by atoms with van der Waals surface area (Å²) in [4.78, 5) is 2.48. The van der Waals surface area contributed by atoms with Crippen LogP contribution >= 0.6 is 0 Å². The minimum absolute atomic E-state index is 0.0986. The van der Waals surface area contributed by atoms with E-state index in [-0.39, 0.29) is 10.9 Å². The lowest BCUT2D eigenvalue weighted by Gasteiger charge is -2.33. The van der Waals surface area contributed by atoms with Crippen LogP contribution in [0.4, 0.5) is 0 Å². The van der Waals surface area contributed by atoms with Crippen molar-refractivity contribution in [3.8, 4) is 6.07 Å². The Morgan fingerprint density at radius 2 is 1.84 bits per heavy atom. The Hall–Kier alpha value is -2.20. The fourth-order valence-corrected chi connectivity index (χ4v) is 4.17. The minimum Gasteiger partial charge on any atom is -0.295 e. The molecule has 1 heterocycles. The average molecular weight is 355 g/mol. The van der Waals surface area contributed by atoms with Crippen molar-refractivity contribution in [1.82, 2.24) is 9.62 Å². The molecule has 1 aliphatic rings. The molecule has 130 valence electrons. The van der Waals surface area contributed by atoms with Gasteiger partial charge in [0.25, 0.3) is 0 Å². The Kier molecular flexibility index (Phi) is 5.19. The topological polar surface area (TPSA) is 73.2 Å². The summed E-state index contributed by atoms with van der Waals surface area (Å²) < 4.78 is 27.5. The zero-order valence-electron chi connectivity index (χ0n) is 14.1. The highest BCUT2D eigenvalue weighted by atomic mass is 32.2. The average Bonchev–Trinajstić information content (AvgIpc) is 2.65. The molecule has 1 atom stereocenters. The van der Waals surface area contributed by atoms with Crippen molar-refractivity contribution in [3.63, 3.8) is 0 Å². The van der Waals surface area contributed by atoms with E-state index >= 15 is 0 Å². The first-order valence-electron chi connectivity index (χ1n) is 8.30. The second-order valence-corrected chi connectivity index (χ2v) is 8.09. The zero-order chi connectivity index (χ0) is 17.9. The number of nitrogens with one attached hydrogen (secondary N) is 1. The number of nitrogens with zero attached hydrogens (tertiary/aromatic N) is 2. The van der Waals surface area contributed by atoms with E-state index in [0.29, 0.717) is 12.1 Å². The summed E-state index contributed by atoms with van der Waals surface area (Å²) >= 11 is 0. The number of sulfonamides is 1. The smallest absolute Gasteiger partial charge is 0.240 e. The van der Waals surface area contributed by atoms with Crippen molar-refractivity contribution in [2.45, 2.75) is 30.8 Å². The minimum atomic E-state index is -3.57. The molecule has 0 aromatic heterocycles. The first-order chi connectivity index (χ1) is 12.0. The van der Waals surface area contributed by atoms with Crippen molar-refractivity contribution in [2.75, 3.05) is 13.1 Å². The number of benzene rings is 2. The fourth-order valence-electron chi connectivity index (χ4n) is 3.05. The standard InChI is InChI=1S/C19H21N3O2S/c1-15(22-11-10-17-4-2-3-5-18(17)14-22)13-21-25(23,24)19-8-6-16(12-20)7-9-19/h2-9,15,21H,10-11,13-14H2,1H3. The molecule has 0 radical (unpaired) electrons. The highest BCUT2D eigenvalue weighted by Gasteiger charge is 2.22. The first kappa shape index (κ1) is 17.6. The first-order valence-corrected chi connectivity index (χ1v) is 9.78. The van der Waals surface area contributed by atoms with Gasteiger partial charge in [-0.2, -0.15) is 5.26 Å². The van der Waals surface area contributed by atoms with Gasteiger partial charge in [-0.3, -0.25) is 4.90 Å². The van der Waals surface area contributed by atoms with Crippen LogP contribution in [0, 0.1) is 11.3 Å². The number of fused-ring (bicyclic) bond motifs is 1. The quantitative estimate of drug-likeness (QED) is 0.893. The molecule has 0 saturated carbocycles. The lowest BCUT2D eigenvalue weighted by atomic mass is 9.99. The molecule has 3 rings (SSSR count). The third-order valence-electron chi connectivity index (χ3n) is 4.65. The summed E-state index contributed by atoms with van der Waals surface area (Å²) in [5, 5.41) is 8.80. The number of rotatable bonds is 5. The lowest BCUT2D eigenvalue weighted by molar-refractivity contribution is 0.192. The number of hydrogen-bond donors (Lipinski definition) is 1. The Morgan fingerprint density at radius 3 is 2.52 bits per heavy atom. The Labute approximate surface area is 149 Å². The van der Waals surface area contributed by atoms with Gasteiger partial charge in [-0.1, -0.05) is 24.3 Å². The van der Waals surface area contributed by atoms with Crippen molar-refractivity contribution < 1.29 is 8.42 Å². The van der Waals surface area contributed by atoms with Crippen molar-refractivity contribution >= 4 is 10.0 Å².